The molecular formula is C25H35N. The van der Waals surface area contributed by atoms with Gasteiger partial charge in [0.1, 0.15) is 0 Å². The van der Waals surface area contributed by atoms with Crippen LogP contribution in [0.1, 0.15) is 73.4 Å². The van der Waals surface area contributed by atoms with Crippen molar-refractivity contribution in [3.8, 4) is 0 Å². The first-order chi connectivity index (χ1) is 11.8. The van der Waals surface area contributed by atoms with E-state index >= 15 is 0 Å². The van der Waals surface area contributed by atoms with Crippen LogP contribution in [0.25, 0.3) is 21.8 Å². The summed E-state index contributed by atoms with van der Waals surface area (Å²) in [6.07, 6.45) is 0. The average Bonchev–Trinajstić information content (AvgIpc) is 2.77. The maximum Gasteiger partial charge on any atom is 0.0491 e. The van der Waals surface area contributed by atoms with Crippen LogP contribution in [0.3, 0.4) is 0 Å². The molecule has 1 nitrogen and oxygen atoms in total. The number of fused-ring (bicyclic) bond motifs is 3. The Hall–Kier alpha value is -1.76. The van der Waals surface area contributed by atoms with E-state index in [1.54, 1.807) is 0 Å². The highest BCUT2D eigenvalue weighted by atomic mass is 15.0. The molecule has 1 heterocycles. The molecule has 3 aromatic rings. The molecule has 0 bridgehead atoms. The van der Waals surface area contributed by atoms with Crippen LogP contribution >= 0.6 is 0 Å². The van der Waals surface area contributed by atoms with Gasteiger partial charge >= 0.3 is 0 Å². The Morgan fingerprint density at radius 3 is 1.31 bits per heavy atom. The summed E-state index contributed by atoms with van der Waals surface area (Å²) in [7, 11) is 0. The van der Waals surface area contributed by atoms with Crippen molar-refractivity contribution in [2.75, 3.05) is 0 Å². The second kappa shape index (κ2) is 5.87. The van der Waals surface area contributed by atoms with Crippen LogP contribution in [-0.2, 0) is 17.4 Å². The topological polar surface area (TPSA) is 4.93 Å². The lowest BCUT2D eigenvalue weighted by Gasteiger charge is -2.22. The number of rotatable bonds is 1. The lowest BCUT2D eigenvalue weighted by molar-refractivity contribution is 0.354. The van der Waals surface area contributed by atoms with Crippen LogP contribution in [0.4, 0.5) is 0 Å². The molecule has 0 saturated heterocycles. The van der Waals surface area contributed by atoms with Crippen LogP contribution in [0, 0.1) is 5.41 Å². The highest BCUT2D eigenvalue weighted by Crippen LogP contribution is 2.37. The summed E-state index contributed by atoms with van der Waals surface area (Å²) < 4.78 is 2.52. The predicted octanol–water partition coefficient (Wildman–Crippen LogP) is 7.44. The third kappa shape index (κ3) is 3.54. The molecule has 26 heavy (non-hydrogen) atoms. The Balaban J connectivity index is 2.38. The van der Waals surface area contributed by atoms with Crippen molar-refractivity contribution < 1.29 is 0 Å². The molecule has 0 aliphatic carbocycles. The molecule has 140 valence electrons. The Morgan fingerprint density at radius 1 is 0.615 bits per heavy atom. The van der Waals surface area contributed by atoms with Crippen molar-refractivity contribution in [3.05, 3.63) is 47.5 Å². The molecule has 0 amide bonds. The molecule has 0 unspecified atom stereocenters. The van der Waals surface area contributed by atoms with Gasteiger partial charge in [-0.2, -0.15) is 0 Å². The fourth-order valence-corrected chi connectivity index (χ4v) is 3.68. The number of aromatic nitrogens is 1. The normalized spacial score (nSPS) is 13.7. The van der Waals surface area contributed by atoms with Crippen LogP contribution < -0.4 is 0 Å². The number of nitrogens with zero attached hydrogens (tertiary/aromatic N) is 1. The average molecular weight is 350 g/mol. The quantitative estimate of drug-likeness (QED) is 0.430. The van der Waals surface area contributed by atoms with E-state index in [1.807, 2.05) is 0 Å². The molecule has 0 fully saturated rings. The molecule has 2 aromatic carbocycles. The van der Waals surface area contributed by atoms with E-state index in [1.165, 1.54) is 32.9 Å². The number of hydrogen-bond donors (Lipinski definition) is 0. The van der Waals surface area contributed by atoms with Crippen molar-refractivity contribution in [2.45, 2.75) is 79.7 Å². The molecule has 1 heteroatoms. The summed E-state index contributed by atoms with van der Waals surface area (Å²) in [5.41, 5.74) is 6.08. The molecule has 0 spiro atoms. The highest BCUT2D eigenvalue weighted by molar-refractivity contribution is 6.08. The van der Waals surface area contributed by atoms with Gasteiger partial charge in [-0.15, -0.1) is 0 Å². The minimum atomic E-state index is 0.161. The van der Waals surface area contributed by atoms with Gasteiger partial charge in [0.15, 0.2) is 0 Å². The number of hydrogen-bond acceptors (Lipinski definition) is 0. The first-order valence-corrected chi connectivity index (χ1v) is 9.84. The fraction of sp³-hybridized carbons (Fsp3) is 0.520. The van der Waals surface area contributed by atoms with Crippen molar-refractivity contribution in [3.63, 3.8) is 0 Å². The molecule has 0 aliphatic heterocycles. The Morgan fingerprint density at radius 2 is 1.00 bits per heavy atom. The summed E-state index contributed by atoms with van der Waals surface area (Å²) in [5, 5.41) is 2.78. The highest BCUT2D eigenvalue weighted by Gasteiger charge is 2.21. The second-order valence-corrected chi connectivity index (χ2v) is 11.1. The van der Waals surface area contributed by atoms with Crippen molar-refractivity contribution in [1.82, 2.24) is 4.57 Å². The van der Waals surface area contributed by atoms with Gasteiger partial charge in [-0.05, 0) is 51.6 Å². The first kappa shape index (κ1) is 19.0. The molecule has 0 saturated carbocycles. The standard InChI is InChI=1S/C25H35N/c1-23(2,3)16-26-21-12-10-17(24(4,5)6)14-19(21)20-15-18(25(7,8)9)11-13-22(20)26/h10-15H,16H2,1-9H3. The molecule has 1 aromatic heterocycles. The maximum absolute atomic E-state index is 2.52. The monoisotopic (exact) mass is 349 g/mol. The summed E-state index contributed by atoms with van der Waals surface area (Å²) in [5.74, 6) is 0. The minimum absolute atomic E-state index is 0.161. The van der Waals surface area contributed by atoms with E-state index in [9.17, 15) is 0 Å². The zero-order chi connectivity index (χ0) is 19.5. The van der Waals surface area contributed by atoms with Crippen molar-refractivity contribution in [1.29, 1.82) is 0 Å². The number of benzene rings is 2. The van der Waals surface area contributed by atoms with Gasteiger partial charge in [-0.25, -0.2) is 0 Å². The van der Waals surface area contributed by atoms with Crippen LogP contribution in [0.15, 0.2) is 36.4 Å². The van der Waals surface area contributed by atoms with Gasteiger partial charge in [-0.3, -0.25) is 0 Å². The Kier molecular flexibility index (Phi) is 4.30. The molecule has 3 rings (SSSR count). The summed E-state index contributed by atoms with van der Waals surface area (Å²) in [4.78, 5) is 0. The SMILES string of the molecule is CC(C)(C)Cn1c2ccc(C(C)(C)C)cc2c2cc(C(C)(C)C)ccc21. The Bertz CT molecular complexity index is 879. The third-order valence-corrected chi connectivity index (χ3v) is 5.23. The van der Waals surface area contributed by atoms with Gasteiger partial charge in [0.05, 0.1) is 0 Å². The maximum atomic E-state index is 2.52. The second-order valence-electron chi connectivity index (χ2n) is 11.1. The molecule has 0 radical (unpaired) electrons. The smallest absolute Gasteiger partial charge is 0.0491 e. The van der Waals surface area contributed by atoms with Crippen LogP contribution in [-0.4, -0.2) is 4.57 Å². The van der Waals surface area contributed by atoms with Gasteiger partial charge in [0.25, 0.3) is 0 Å². The summed E-state index contributed by atoms with van der Waals surface area (Å²) >= 11 is 0. The fourth-order valence-electron chi connectivity index (χ4n) is 3.68. The lowest BCUT2D eigenvalue weighted by Crippen LogP contribution is -2.15. The van der Waals surface area contributed by atoms with Gasteiger partial charge in [0.2, 0.25) is 0 Å². The minimum Gasteiger partial charge on any atom is -0.340 e. The van der Waals surface area contributed by atoms with E-state index in [2.05, 4.69) is 103 Å². The zero-order valence-electron chi connectivity index (χ0n) is 18.1. The largest absolute Gasteiger partial charge is 0.340 e. The molecule has 0 N–H and O–H groups in total. The van der Waals surface area contributed by atoms with Crippen LogP contribution in [0.5, 0.6) is 0 Å². The van der Waals surface area contributed by atoms with Gasteiger partial charge in [0, 0.05) is 28.4 Å². The molecular weight excluding hydrogens is 314 g/mol. The van der Waals surface area contributed by atoms with E-state index in [-0.39, 0.29) is 16.2 Å². The molecule has 0 atom stereocenters. The van der Waals surface area contributed by atoms with Crippen molar-refractivity contribution in [2.24, 2.45) is 5.41 Å². The van der Waals surface area contributed by atoms with E-state index in [0.717, 1.165) is 6.54 Å². The third-order valence-electron chi connectivity index (χ3n) is 5.23. The predicted molar refractivity (Wildman–Crippen MR) is 116 cm³/mol. The first-order valence-electron chi connectivity index (χ1n) is 9.84. The van der Waals surface area contributed by atoms with E-state index < -0.39 is 0 Å². The summed E-state index contributed by atoms with van der Waals surface area (Å²) in [6, 6.07) is 14.1. The van der Waals surface area contributed by atoms with Gasteiger partial charge < -0.3 is 4.57 Å². The Labute approximate surface area is 159 Å². The summed E-state index contributed by atoms with van der Waals surface area (Å²) in [6.45, 7) is 21.7. The van der Waals surface area contributed by atoms with Crippen LogP contribution in [0.2, 0.25) is 0 Å². The zero-order valence-corrected chi connectivity index (χ0v) is 18.1. The van der Waals surface area contributed by atoms with Crippen molar-refractivity contribution >= 4 is 21.8 Å². The lowest BCUT2D eigenvalue weighted by atomic mass is 9.85. The van der Waals surface area contributed by atoms with E-state index in [0.29, 0.717) is 0 Å². The van der Waals surface area contributed by atoms with Gasteiger partial charge in [-0.1, -0.05) is 74.4 Å². The van der Waals surface area contributed by atoms with E-state index in [4.69, 9.17) is 0 Å². The molecule has 0 aliphatic rings.